The molecule has 2 atom stereocenters. The SMILES string of the molecule is CNC(c1cc(Br)sc1Br)C1(C)CCCO1. The van der Waals surface area contributed by atoms with Gasteiger partial charge in [0.25, 0.3) is 0 Å². The zero-order valence-corrected chi connectivity index (χ0v) is 13.3. The molecule has 1 aromatic heterocycles. The number of hydrogen-bond donors (Lipinski definition) is 1. The average Bonchev–Trinajstić information content (AvgIpc) is 2.76. The van der Waals surface area contributed by atoms with Crippen LogP contribution in [0.1, 0.15) is 31.4 Å². The lowest BCUT2D eigenvalue weighted by Crippen LogP contribution is -2.39. The fourth-order valence-corrected chi connectivity index (χ4v) is 5.27. The van der Waals surface area contributed by atoms with Crippen LogP contribution in [0.2, 0.25) is 0 Å². The van der Waals surface area contributed by atoms with Gasteiger partial charge >= 0.3 is 0 Å². The molecule has 1 aromatic rings. The van der Waals surface area contributed by atoms with E-state index in [2.05, 4.69) is 50.2 Å². The second-order valence-corrected chi connectivity index (χ2v) is 8.02. The maximum absolute atomic E-state index is 5.92. The highest BCUT2D eigenvalue weighted by molar-refractivity contribution is 9.12. The van der Waals surface area contributed by atoms with E-state index in [0.717, 1.165) is 23.2 Å². The summed E-state index contributed by atoms with van der Waals surface area (Å²) in [5.74, 6) is 0. The van der Waals surface area contributed by atoms with Gasteiger partial charge in [0.05, 0.1) is 19.2 Å². The molecule has 2 rings (SSSR count). The molecule has 1 aliphatic rings. The summed E-state index contributed by atoms with van der Waals surface area (Å²) in [7, 11) is 2.00. The van der Waals surface area contributed by atoms with Gasteiger partial charge in [-0.15, -0.1) is 11.3 Å². The molecule has 90 valence electrons. The molecule has 2 heterocycles. The smallest absolute Gasteiger partial charge is 0.0849 e. The van der Waals surface area contributed by atoms with Crippen LogP contribution in [-0.2, 0) is 4.74 Å². The summed E-state index contributed by atoms with van der Waals surface area (Å²) in [4.78, 5) is 0. The van der Waals surface area contributed by atoms with Gasteiger partial charge in [-0.3, -0.25) is 0 Å². The van der Waals surface area contributed by atoms with Crippen LogP contribution in [0, 0.1) is 0 Å². The number of likely N-dealkylation sites (N-methyl/N-ethyl adjacent to an activating group) is 1. The Kier molecular flexibility index (Phi) is 4.12. The molecule has 0 aromatic carbocycles. The number of thiophene rings is 1. The number of rotatable bonds is 3. The zero-order valence-electron chi connectivity index (χ0n) is 9.35. The minimum absolute atomic E-state index is 0.0855. The predicted molar refractivity (Wildman–Crippen MR) is 75.1 cm³/mol. The van der Waals surface area contributed by atoms with Crippen LogP contribution in [-0.4, -0.2) is 19.3 Å². The van der Waals surface area contributed by atoms with Gasteiger partial charge in [0.1, 0.15) is 0 Å². The van der Waals surface area contributed by atoms with Crippen molar-refractivity contribution in [1.82, 2.24) is 5.32 Å². The second kappa shape index (κ2) is 5.06. The molecule has 2 nitrogen and oxygen atoms in total. The van der Waals surface area contributed by atoms with Crippen molar-refractivity contribution in [3.05, 3.63) is 19.2 Å². The van der Waals surface area contributed by atoms with Crippen molar-refractivity contribution in [2.24, 2.45) is 0 Å². The average molecular weight is 369 g/mol. The molecule has 1 saturated heterocycles. The quantitative estimate of drug-likeness (QED) is 0.866. The van der Waals surface area contributed by atoms with E-state index in [1.165, 1.54) is 9.35 Å². The Morgan fingerprint density at radius 1 is 1.56 bits per heavy atom. The van der Waals surface area contributed by atoms with Gasteiger partial charge in [0, 0.05) is 6.61 Å². The van der Waals surface area contributed by atoms with Crippen molar-refractivity contribution >= 4 is 43.2 Å². The van der Waals surface area contributed by atoms with Gasteiger partial charge in [-0.2, -0.15) is 0 Å². The molecule has 1 N–H and O–H groups in total. The molecule has 0 saturated carbocycles. The lowest BCUT2D eigenvalue weighted by atomic mass is 9.89. The van der Waals surface area contributed by atoms with Gasteiger partial charge in [-0.05, 0) is 70.3 Å². The van der Waals surface area contributed by atoms with Crippen LogP contribution in [0.4, 0.5) is 0 Å². The van der Waals surface area contributed by atoms with E-state index < -0.39 is 0 Å². The minimum atomic E-state index is -0.0855. The molecule has 1 aliphatic heterocycles. The van der Waals surface area contributed by atoms with Crippen LogP contribution in [0.5, 0.6) is 0 Å². The fraction of sp³-hybridized carbons (Fsp3) is 0.636. The standard InChI is InChI=1S/C11H15Br2NOS/c1-11(4-3-5-15-11)9(14-2)7-6-8(12)16-10(7)13/h6,9,14H,3-5H2,1-2H3. The van der Waals surface area contributed by atoms with Gasteiger partial charge in [-0.1, -0.05) is 0 Å². The second-order valence-electron chi connectivity index (χ2n) is 4.27. The van der Waals surface area contributed by atoms with Crippen molar-refractivity contribution in [2.45, 2.75) is 31.4 Å². The predicted octanol–water partition coefficient (Wildman–Crippen LogP) is 4.10. The van der Waals surface area contributed by atoms with Crippen LogP contribution in [0.15, 0.2) is 13.6 Å². The van der Waals surface area contributed by atoms with Crippen molar-refractivity contribution < 1.29 is 4.74 Å². The number of ether oxygens (including phenoxy) is 1. The summed E-state index contributed by atoms with van der Waals surface area (Å²) < 4.78 is 8.24. The van der Waals surface area contributed by atoms with E-state index in [1.807, 2.05) is 7.05 Å². The molecule has 0 bridgehead atoms. The molecular weight excluding hydrogens is 354 g/mol. The third kappa shape index (κ3) is 2.38. The Bertz CT molecular complexity index is 374. The summed E-state index contributed by atoms with van der Waals surface area (Å²) in [5, 5.41) is 3.39. The van der Waals surface area contributed by atoms with Gasteiger partial charge in [0.15, 0.2) is 0 Å². The summed E-state index contributed by atoms with van der Waals surface area (Å²) >= 11 is 8.86. The molecule has 0 amide bonds. The summed E-state index contributed by atoms with van der Waals surface area (Å²) in [5.41, 5.74) is 1.20. The first-order valence-corrected chi connectivity index (χ1v) is 7.73. The molecule has 2 unspecified atom stereocenters. The van der Waals surface area contributed by atoms with E-state index in [4.69, 9.17) is 4.74 Å². The fourth-order valence-electron chi connectivity index (χ4n) is 2.37. The highest BCUT2D eigenvalue weighted by Crippen LogP contribution is 2.43. The van der Waals surface area contributed by atoms with Gasteiger partial charge in [-0.25, -0.2) is 0 Å². The van der Waals surface area contributed by atoms with Crippen molar-refractivity contribution in [2.75, 3.05) is 13.7 Å². The topological polar surface area (TPSA) is 21.3 Å². The Labute approximate surface area is 117 Å². The highest BCUT2D eigenvalue weighted by atomic mass is 79.9. The Morgan fingerprint density at radius 2 is 2.31 bits per heavy atom. The lowest BCUT2D eigenvalue weighted by molar-refractivity contribution is -0.0105. The van der Waals surface area contributed by atoms with Crippen LogP contribution < -0.4 is 5.32 Å². The first-order valence-electron chi connectivity index (χ1n) is 5.33. The molecule has 0 aliphatic carbocycles. The largest absolute Gasteiger partial charge is 0.373 e. The molecule has 1 fully saturated rings. The van der Waals surface area contributed by atoms with E-state index in [-0.39, 0.29) is 11.6 Å². The summed E-state index contributed by atoms with van der Waals surface area (Å²) in [6.07, 6.45) is 2.26. The molecular formula is C11H15Br2NOS. The third-order valence-corrected chi connectivity index (χ3v) is 5.53. The van der Waals surface area contributed by atoms with E-state index in [1.54, 1.807) is 11.3 Å². The van der Waals surface area contributed by atoms with Crippen LogP contribution >= 0.6 is 43.2 Å². The lowest BCUT2D eigenvalue weighted by Gasteiger charge is -2.33. The Morgan fingerprint density at radius 3 is 2.75 bits per heavy atom. The van der Waals surface area contributed by atoms with E-state index >= 15 is 0 Å². The summed E-state index contributed by atoms with van der Waals surface area (Å²) in [6.45, 7) is 3.07. The Balaban J connectivity index is 2.32. The van der Waals surface area contributed by atoms with E-state index in [0.29, 0.717) is 0 Å². The molecule has 0 spiro atoms. The Hall–Kier alpha value is 0.580. The first-order chi connectivity index (χ1) is 7.57. The summed E-state index contributed by atoms with van der Waals surface area (Å²) in [6, 6.07) is 2.41. The normalized spacial score (nSPS) is 27.2. The van der Waals surface area contributed by atoms with Gasteiger partial charge in [0.2, 0.25) is 0 Å². The van der Waals surface area contributed by atoms with Crippen LogP contribution in [0.25, 0.3) is 0 Å². The minimum Gasteiger partial charge on any atom is -0.373 e. The van der Waals surface area contributed by atoms with Crippen LogP contribution in [0.3, 0.4) is 0 Å². The maximum atomic E-state index is 5.92. The van der Waals surface area contributed by atoms with Gasteiger partial charge < -0.3 is 10.1 Å². The van der Waals surface area contributed by atoms with Crippen molar-refractivity contribution in [3.8, 4) is 0 Å². The maximum Gasteiger partial charge on any atom is 0.0849 e. The highest BCUT2D eigenvalue weighted by Gasteiger charge is 2.39. The molecule has 5 heteroatoms. The monoisotopic (exact) mass is 367 g/mol. The van der Waals surface area contributed by atoms with E-state index in [9.17, 15) is 0 Å². The molecule has 0 radical (unpaired) electrons. The zero-order chi connectivity index (χ0) is 11.8. The number of hydrogen-bond acceptors (Lipinski definition) is 3. The third-order valence-electron chi connectivity index (χ3n) is 3.14. The van der Waals surface area contributed by atoms with Crippen molar-refractivity contribution in [3.63, 3.8) is 0 Å². The molecule has 16 heavy (non-hydrogen) atoms. The van der Waals surface area contributed by atoms with Crippen molar-refractivity contribution in [1.29, 1.82) is 0 Å². The first kappa shape index (κ1) is 13.0. The number of halogens is 2. The number of nitrogens with one attached hydrogen (secondary N) is 1.